The van der Waals surface area contributed by atoms with Crippen LogP contribution in [-0.2, 0) is 12.8 Å². The smallest absolute Gasteiger partial charge is 0.119 e. The number of ether oxygens (including phenoxy) is 1. The zero-order chi connectivity index (χ0) is 13.1. The van der Waals surface area contributed by atoms with Crippen LogP contribution < -0.4 is 10.5 Å². The monoisotopic (exact) mass is 259 g/mol. The molecule has 1 fully saturated rings. The highest BCUT2D eigenvalue weighted by molar-refractivity contribution is 5.37. The summed E-state index contributed by atoms with van der Waals surface area (Å²) < 4.78 is 5.92. The molecule has 2 aliphatic rings. The fraction of sp³-hybridized carbons (Fsp3) is 0.647. The van der Waals surface area contributed by atoms with Crippen LogP contribution in [0.25, 0.3) is 0 Å². The van der Waals surface area contributed by atoms with Crippen molar-refractivity contribution in [2.45, 2.75) is 57.4 Å². The van der Waals surface area contributed by atoms with E-state index in [4.69, 9.17) is 10.5 Å². The molecule has 0 bridgehead atoms. The first-order chi connectivity index (χ1) is 9.33. The maximum absolute atomic E-state index is 6.24. The largest absolute Gasteiger partial charge is 0.492 e. The number of benzene rings is 1. The lowest BCUT2D eigenvalue weighted by Crippen LogP contribution is -2.34. The van der Waals surface area contributed by atoms with Crippen LogP contribution >= 0.6 is 0 Å². The van der Waals surface area contributed by atoms with Gasteiger partial charge in [-0.1, -0.05) is 18.9 Å². The van der Waals surface area contributed by atoms with E-state index >= 15 is 0 Å². The normalized spacial score (nSPS) is 21.1. The molecular formula is C17H25NO. The number of nitrogens with two attached hydrogens (primary N) is 1. The van der Waals surface area contributed by atoms with Gasteiger partial charge in [-0.2, -0.15) is 0 Å². The first-order valence-corrected chi connectivity index (χ1v) is 7.83. The number of hydrogen-bond acceptors (Lipinski definition) is 2. The lowest BCUT2D eigenvalue weighted by atomic mass is 9.92. The van der Waals surface area contributed by atoms with Crippen LogP contribution in [0.1, 0.15) is 49.7 Å². The third kappa shape index (κ3) is 3.11. The summed E-state index contributed by atoms with van der Waals surface area (Å²) >= 11 is 0. The van der Waals surface area contributed by atoms with Crippen molar-refractivity contribution in [1.29, 1.82) is 0 Å². The Morgan fingerprint density at radius 3 is 2.58 bits per heavy atom. The van der Waals surface area contributed by atoms with Crippen LogP contribution in [0.2, 0.25) is 0 Å². The second kappa shape index (κ2) is 5.96. The third-order valence-corrected chi connectivity index (χ3v) is 4.77. The van der Waals surface area contributed by atoms with E-state index in [1.54, 1.807) is 0 Å². The van der Waals surface area contributed by atoms with Crippen LogP contribution in [-0.4, -0.2) is 12.6 Å². The van der Waals surface area contributed by atoms with E-state index in [-0.39, 0.29) is 6.04 Å². The van der Waals surface area contributed by atoms with Crippen molar-refractivity contribution < 1.29 is 4.74 Å². The molecule has 3 rings (SSSR count). The zero-order valence-electron chi connectivity index (χ0n) is 11.7. The van der Waals surface area contributed by atoms with Gasteiger partial charge in [-0.25, -0.2) is 0 Å². The summed E-state index contributed by atoms with van der Waals surface area (Å²) in [6.45, 7) is 0.670. The second-order valence-electron chi connectivity index (χ2n) is 6.16. The van der Waals surface area contributed by atoms with E-state index in [1.165, 1.54) is 62.5 Å². The quantitative estimate of drug-likeness (QED) is 0.898. The molecule has 1 unspecified atom stereocenters. The summed E-state index contributed by atoms with van der Waals surface area (Å²) in [5.41, 5.74) is 9.24. The number of fused-ring (bicyclic) bond motifs is 1. The average molecular weight is 259 g/mol. The standard InChI is InChI=1S/C17H25NO/c18-17(14-6-2-3-7-14)12-19-16-10-9-13-5-1-4-8-15(13)11-16/h9-11,14,17H,1-8,12,18H2. The molecule has 0 saturated heterocycles. The molecular weight excluding hydrogens is 234 g/mol. The molecule has 19 heavy (non-hydrogen) atoms. The number of hydrogen-bond donors (Lipinski definition) is 1. The molecule has 1 aromatic carbocycles. The highest BCUT2D eigenvalue weighted by Crippen LogP contribution is 2.28. The highest BCUT2D eigenvalue weighted by Gasteiger charge is 2.22. The van der Waals surface area contributed by atoms with Crippen LogP contribution in [0.4, 0.5) is 0 Å². The van der Waals surface area contributed by atoms with E-state index in [2.05, 4.69) is 18.2 Å². The van der Waals surface area contributed by atoms with Crippen molar-refractivity contribution in [3.8, 4) is 5.75 Å². The van der Waals surface area contributed by atoms with E-state index < -0.39 is 0 Å². The van der Waals surface area contributed by atoms with Crippen molar-refractivity contribution in [2.75, 3.05) is 6.61 Å². The molecule has 2 aliphatic carbocycles. The van der Waals surface area contributed by atoms with Gasteiger partial charge in [0.15, 0.2) is 0 Å². The van der Waals surface area contributed by atoms with E-state index in [0.29, 0.717) is 12.5 Å². The van der Waals surface area contributed by atoms with Crippen LogP contribution in [0.3, 0.4) is 0 Å². The van der Waals surface area contributed by atoms with Crippen LogP contribution in [0.15, 0.2) is 18.2 Å². The van der Waals surface area contributed by atoms with Crippen LogP contribution in [0, 0.1) is 5.92 Å². The Morgan fingerprint density at radius 1 is 1.05 bits per heavy atom. The molecule has 1 aromatic rings. The summed E-state index contributed by atoms with van der Waals surface area (Å²) in [6, 6.07) is 6.80. The molecule has 2 N–H and O–H groups in total. The molecule has 0 spiro atoms. The molecule has 2 nitrogen and oxygen atoms in total. The molecule has 0 aromatic heterocycles. The van der Waals surface area contributed by atoms with Gasteiger partial charge in [-0.05, 0) is 67.7 Å². The molecule has 104 valence electrons. The highest BCUT2D eigenvalue weighted by atomic mass is 16.5. The first kappa shape index (κ1) is 13.0. The fourth-order valence-electron chi connectivity index (χ4n) is 3.51. The Labute approximate surface area is 116 Å². The Hall–Kier alpha value is -1.02. The SMILES string of the molecule is NC(COc1ccc2c(c1)CCCC2)C1CCCC1. The van der Waals surface area contributed by atoms with E-state index in [1.807, 2.05) is 0 Å². The number of rotatable bonds is 4. The Kier molecular flexibility index (Phi) is 4.07. The first-order valence-electron chi connectivity index (χ1n) is 7.83. The fourth-order valence-corrected chi connectivity index (χ4v) is 3.51. The molecule has 0 heterocycles. The molecule has 0 radical (unpaired) electrons. The Balaban J connectivity index is 1.57. The minimum Gasteiger partial charge on any atom is -0.492 e. The topological polar surface area (TPSA) is 35.2 Å². The lowest BCUT2D eigenvalue weighted by Gasteiger charge is -2.21. The lowest BCUT2D eigenvalue weighted by molar-refractivity contribution is 0.247. The maximum Gasteiger partial charge on any atom is 0.119 e. The van der Waals surface area contributed by atoms with Crippen molar-refractivity contribution in [1.82, 2.24) is 0 Å². The molecule has 1 saturated carbocycles. The van der Waals surface area contributed by atoms with Gasteiger partial charge in [0.05, 0.1) is 0 Å². The zero-order valence-corrected chi connectivity index (χ0v) is 11.7. The van der Waals surface area contributed by atoms with Gasteiger partial charge in [-0.3, -0.25) is 0 Å². The van der Waals surface area contributed by atoms with Crippen LogP contribution in [0.5, 0.6) is 5.75 Å². The van der Waals surface area contributed by atoms with Gasteiger partial charge in [0, 0.05) is 6.04 Å². The minimum atomic E-state index is 0.207. The summed E-state index contributed by atoms with van der Waals surface area (Å²) in [4.78, 5) is 0. The van der Waals surface area contributed by atoms with Crippen molar-refractivity contribution in [3.63, 3.8) is 0 Å². The number of aryl methyl sites for hydroxylation is 2. The summed E-state index contributed by atoms with van der Waals surface area (Å²) in [5, 5.41) is 0. The summed E-state index contributed by atoms with van der Waals surface area (Å²) in [7, 11) is 0. The van der Waals surface area contributed by atoms with Gasteiger partial charge < -0.3 is 10.5 Å². The van der Waals surface area contributed by atoms with E-state index in [0.717, 1.165) is 5.75 Å². The van der Waals surface area contributed by atoms with E-state index in [9.17, 15) is 0 Å². The van der Waals surface area contributed by atoms with Gasteiger partial charge >= 0.3 is 0 Å². The third-order valence-electron chi connectivity index (χ3n) is 4.77. The van der Waals surface area contributed by atoms with Gasteiger partial charge in [0.1, 0.15) is 12.4 Å². The van der Waals surface area contributed by atoms with Gasteiger partial charge in [0.25, 0.3) is 0 Å². The molecule has 0 amide bonds. The predicted molar refractivity (Wildman–Crippen MR) is 78.5 cm³/mol. The van der Waals surface area contributed by atoms with Crippen molar-refractivity contribution in [3.05, 3.63) is 29.3 Å². The van der Waals surface area contributed by atoms with Gasteiger partial charge in [0.2, 0.25) is 0 Å². The second-order valence-corrected chi connectivity index (χ2v) is 6.16. The predicted octanol–water partition coefficient (Wildman–Crippen LogP) is 3.46. The molecule has 0 aliphatic heterocycles. The summed E-state index contributed by atoms with van der Waals surface area (Å²) in [5.74, 6) is 1.69. The van der Waals surface area contributed by atoms with Crippen molar-refractivity contribution in [2.24, 2.45) is 11.7 Å². The Morgan fingerprint density at radius 2 is 1.79 bits per heavy atom. The minimum absolute atomic E-state index is 0.207. The van der Waals surface area contributed by atoms with Gasteiger partial charge in [-0.15, -0.1) is 0 Å². The maximum atomic E-state index is 6.24. The Bertz CT molecular complexity index is 423. The summed E-state index contributed by atoms with van der Waals surface area (Å²) in [6.07, 6.45) is 10.4. The average Bonchev–Trinajstić information content (AvgIpc) is 2.99. The van der Waals surface area contributed by atoms with Crippen molar-refractivity contribution >= 4 is 0 Å². The molecule has 2 heteroatoms. The molecule has 1 atom stereocenters.